The first-order chi connectivity index (χ1) is 18.2. The Morgan fingerprint density at radius 2 is 1.51 bits per heavy atom. The van der Waals surface area contributed by atoms with Gasteiger partial charge in [0.1, 0.15) is 18.4 Å². The van der Waals surface area contributed by atoms with Crippen LogP contribution in [0, 0.1) is 12.7 Å². The number of amides is 2. The van der Waals surface area contributed by atoms with Gasteiger partial charge in [0.25, 0.3) is 10.0 Å². The van der Waals surface area contributed by atoms with E-state index in [1.54, 1.807) is 19.1 Å². The first-order valence-corrected chi connectivity index (χ1v) is 14.2. The highest BCUT2D eigenvalue weighted by Gasteiger charge is 2.33. The van der Waals surface area contributed by atoms with Crippen molar-refractivity contribution < 1.29 is 22.4 Å². The van der Waals surface area contributed by atoms with E-state index in [4.69, 9.17) is 11.6 Å². The Morgan fingerprint density at radius 1 is 0.949 bits per heavy atom. The molecule has 2 amide bonds. The van der Waals surface area contributed by atoms with Crippen LogP contribution < -0.4 is 9.62 Å². The van der Waals surface area contributed by atoms with Gasteiger partial charge < -0.3 is 10.2 Å². The van der Waals surface area contributed by atoms with E-state index in [2.05, 4.69) is 5.32 Å². The second-order valence-electron chi connectivity index (χ2n) is 10.4. The number of benzene rings is 3. The zero-order chi connectivity index (χ0) is 29.0. The molecule has 10 heteroatoms. The molecule has 1 unspecified atom stereocenters. The molecular weight excluding hydrogens is 541 g/mol. The van der Waals surface area contributed by atoms with Crippen LogP contribution in [0.4, 0.5) is 10.1 Å². The molecule has 0 spiro atoms. The second-order valence-corrected chi connectivity index (χ2v) is 12.7. The summed E-state index contributed by atoms with van der Waals surface area (Å²) in [6.45, 7) is 8.27. The van der Waals surface area contributed by atoms with E-state index in [1.165, 1.54) is 65.6 Å². The minimum atomic E-state index is -4.17. The van der Waals surface area contributed by atoms with Crippen molar-refractivity contribution in [3.05, 3.63) is 94.8 Å². The van der Waals surface area contributed by atoms with Gasteiger partial charge in [0.15, 0.2) is 0 Å². The molecule has 0 aromatic heterocycles. The van der Waals surface area contributed by atoms with Gasteiger partial charge in [-0.2, -0.15) is 0 Å². The van der Waals surface area contributed by atoms with Gasteiger partial charge in [-0.1, -0.05) is 41.4 Å². The van der Waals surface area contributed by atoms with Gasteiger partial charge in [-0.05, 0) is 88.7 Å². The lowest BCUT2D eigenvalue weighted by Gasteiger charge is -2.33. The van der Waals surface area contributed by atoms with Gasteiger partial charge in [-0.3, -0.25) is 13.9 Å². The van der Waals surface area contributed by atoms with Gasteiger partial charge in [-0.15, -0.1) is 0 Å². The molecule has 0 saturated carbocycles. The third kappa shape index (κ3) is 8.03. The lowest BCUT2D eigenvalue weighted by atomic mass is 10.1. The summed E-state index contributed by atoms with van der Waals surface area (Å²) in [5.74, 6) is -1.45. The summed E-state index contributed by atoms with van der Waals surface area (Å²) in [7, 11) is -4.17. The lowest BCUT2D eigenvalue weighted by Crippen LogP contribution is -2.54. The van der Waals surface area contributed by atoms with Crippen molar-refractivity contribution in [1.82, 2.24) is 10.2 Å². The average molecular weight is 574 g/mol. The van der Waals surface area contributed by atoms with E-state index in [1.807, 2.05) is 27.7 Å². The highest BCUT2D eigenvalue weighted by atomic mass is 35.5. The van der Waals surface area contributed by atoms with Crippen LogP contribution in [-0.2, 0) is 26.2 Å². The largest absolute Gasteiger partial charge is 0.350 e. The van der Waals surface area contributed by atoms with Crippen molar-refractivity contribution in [2.24, 2.45) is 0 Å². The molecule has 0 radical (unpaired) electrons. The van der Waals surface area contributed by atoms with Gasteiger partial charge in [0.2, 0.25) is 11.8 Å². The minimum absolute atomic E-state index is 0.0134. The highest BCUT2D eigenvalue weighted by molar-refractivity contribution is 7.92. The maximum absolute atomic E-state index is 13.8. The third-order valence-corrected chi connectivity index (χ3v) is 7.97. The number of halogens is 2. The zero-order valence-corrected chi connectivity index (χ0v) is 24.2. The van der Waals surface area contributed by atoms with Crippen molar-refractivity contribution in [3.8, 4) is 0 Å². The van der Waals surface area contributed by atoms with Crippen LogP contribution in [0.15, 0.2) is 77.7 Å². The number of nitrogens with one attached hydrogen (secondary N) is 1. The summed E-state index contributed by atoms with van der Waals surface area (Å²) >= 11 is 6.04. The molecule has 3 aromatic rings. The van der Waals surface area contributed by atoms with Gasteiger partial charge >= 0.3 is 0 Å². The Labute approximate surface area is 234 Å². The molecule has 39 heavy (non-hydrogen) atoms. The van der Waals surface area contributed by atoms with Crippen molar-refractivity contribution in [1.29, 1.82) is 0 Å². The molecule has 208 valence electrons. The fraction of sp³-hybridized carbons (Fsp3) is 0.310. The Hall–Kier alpha value is -3.43. The number of hydrogen-bond donors (Lipinski definition) is 1. The standard InChI is InChI=1S/C29H33ClFN3O4S/c1-20-6-16-26(17-7-20)39(37,38)34(25-14-10-23(30)11-15-25)19-27(35)33(18-22-8-12-24(31)13-9-22)21(2)28(36)32-29(3,4)5/h6-17,21H,18-19H2,1-5H3,(H,32,36). The number of anilines is 1. The predicted octanol–water partition coefficient (Wildman–Crippen LogP) is 5.31. The van der Waals surface area contributed by atoms with Crippen molar-refractivity contribution in [2.45, 2.75) is 57.6 Å². The molecule has 3 aromatic carbocycles. The molecule has 0 fully saturated rings. The molecule has 0 aliphatic heterocycles. The van der Waals surface area contributed by atoms with Crippen LogP contribution in [-0.4, -0.2) is 43.3 Å². The minimum Gasteiger partial charge on any atom is -0.350 e. The zero-order valence-electron chi connectivity index (χ0n) is 22.6. The Morgan fingerprint density at radius 3 is 2.05 bits per heavy atom. The predicted molar refractivity (Wildman–Crippen MR) is 151 cm³/mol. The summed E-state index contributed by atoms with van der Waals surface area (Å²) < 4.78 is 42.1. The molecule has 0 heterocycles. The normalized spacial score (nSPS) is 12.5. The Kier molecular flexibility index (Phi) is 9.40. The molecule has 0 bridgehead atoms. The molecule has 0 saturated heterocycles. The van der Waals surface area contributed by atoms with Crippen LogP contribution in [0.25, 0.3) is 0 Å². The monoisotopic (exact) mass is 573 g/mol. The number of hydrogen-bond acceptors (Lipinski definition) is 4. The second kappa shape index (κ2) is 12.2. The highest BCUT2D eigenvalue weighted by Crippen LogP contribution is 2.26. The fourth-order valence-corrected chi connectivity index (χ4v) is 5.36. The summed E-state index contributed by atoms with van der Waals surface area (Å²) in [5.41, 5.74) is 1.15. The van der Waals surface area contributed by atoms with E-state index in [-0.39, 0.29) is 17.1 Å². The summed E-state index contributed by atoms with van der Waals surface area (Å²) in [6.07, 6.45) is 0. The van der Waals surface area contributed by atoms with Crippen molar-refractivity contribution in [3.63, 3.8) is 0 Å². The third-order valence-electron chi connectivity index (χ3n) is 5.93. The number of nitrogens with zero attached hydrogens (tertiary/aromatic N) is 2. The Balaban J connectivity index is 2.02. The fourth-order valence-electron chi connectivity index (χ4n) is 3.82. The summed E-state index contributed by atoms with van der Waals surface area (Å²) in [6, 6.07) is 17.0. The van der Waals surface area contributed by atoms with Crippen LogP contribution in [0.1, 0.15) is 38.8 Å². The maximum Gasteiger partial charge on any atom is 0.264 e. The number of aryl methyl sites for hydroxylation is 1. The van der Waals surface area contributed by atoms with Crippen LogP contribution in [0.5, 0.6) is 0 Å². The quantitative estimate of drug-likeness (QED) is 0.376. The van der Waals surface area contributed by atoms with Gasteiger partial charge in [0, 0.05) is 17.1 Å². The number of carbonyl (C=O) groups excluding carboxylic acids is 2. The van der Waals surface area contributed by atoms with Crippen LogP contribution >= 0.6 is 11.6 Å². The summed E-state index contributed by atoms with van der Waals surface area (Å²) in [5, 5.41) is 3.27. The Bertz CT molecular complexity index is 1400. The number of carbonyl (C=O) groups is 2. The smallest absolute Gasteiger partial charge is 0.264 e. The maximum atomic E-state index is 13.8. The SMILES string of the molecule is Cc1ccc(S(=O)(=O)N(CC(=O)N(Cc2ccc(F)cc2)C(C)C(=O)NC(C)(C)C)c2ccc(Cl)cc2)cc1. The molecule has 1 N–H and O–H groups in total. The molecule has 3 rings (SSSR count). The number of sulfonamides is 1. The van der Waals surface area contributed by atoms with E-state index in [0.717, 1.165) is 9.87 Å². The average Bonchev–Trinajstić information content (AvgIpc) is 2.86. The van der Waals surface area contributed by atoms with Gasteiger partial charge in [0.05, 0.1) is 10.6 Å². The van der Waals surface area contributed by atoms with Gasteiger partial charge in [-0.25, -0.2) is 12.8 Å². The first-order valence-electron chi connectivity index (χ1n) is 12.4. The van der Waals surface area contributed by atoms with E-state index in [9.17, 15) is 22.4 Å². The molecule has 1 atom stereocenters. The van der Waals surface area contributed by atoms with E-state index < -0.39 is 45.8 Å². The van der Waals surface area contributed by atoms with Crippen molar-refractivity contribution in [2.75, 3.05) is 10.8 Å². The molecule has 7 nitrogen and oxygen atoms in total. The molecular formula is C29H33ClFN3O4S. The van der Waals surface area contributed by atoms with Crippen LogP contribution in [0.2, 0.25) is 5.02 Å². The first kappa shape index (κ1) is 30.1. The molecule has 0 aliphatic rings. The van der Waals surface area contributed by atoms with Crippen LogP contribution in [0.3, 0.4) is 0 Å². The lowest BCUT2D eigenvalue weighted by molar-refractivity contribution is -0.140. The topological polar surface area (TPSA) is 86.8 Å². The molecule has 0 aliphatic carbocycles. The van der Waals surface area contributed by atoms with Crippen molar-refractivity contribution >= 4 is 39.1 Å². The summed E-state index contributed by atoms with van der Waals surface area (Å²) in [4.78, 5) is 28.2. The van der Waals surface area contributed by atoms with E-state index in [0.29, 0.717) is 10.6 Å². The van der Waals surface area contributed by atoms with E-state index >= 15 is 0 Å². The number of rotatable bonds is 9.